The minimum Gasteiger partial charge on any atom is -0.396 e. The minimum atomic E-state index is -1.75. The van der Waals surface area contributed by atoms with Gasteiger partial charge in [0.25, 0.3) is 5.91 Å². The van der Waals surface area contributed by atoms with Crippen molar-refractivity contribution in [1.29, 1.82) is 0 Å². The first-order valence-corrected chi connectivity index (χ1v) is 9.74. The third-order valence-electron chi connectivity index (χ3n) is 3.26. The van der Waals surface area contributed by atoms with Crippen molar-refractivity contribution >= 4 is 12.1 Å². The van der Waals surface area contributed by atoms with Gasteiger partial charge < -0.3 is 17.2 Å². The molecule has 1 aliphatic carbocycles. The Morgan fingerprint density at radius 2 is 1.58 bits per heavy atom. The third-order valence-corrected chi connectivity index (χ3v) is 3.26. The van der Waals surface area contributed by atoms with Crippen LogP contribution < -0.4 is 23.0 Å². The standard InChI is InChI=1S/C14H17F2N5O.C3H8.C2H7N.CH2F2/c15-10-2-1-3-11(16)9(10)6-20-7-12(17)13(18)14(22)21(19)8-4-5-8;1-3-2;1-2-3;2-1-3/h1-3,7-8H,4-6,17-19H2;3H2,1-2H3;2-3H2,1H3;1H2/b13-12+,20-7?;;;. The monoisotopic (exact) mass is 450 g/mol. The molecule has 0 radical (unpaired) electrons. The van der Waals surface area contributed by atoms with E-state index in [9.17, 15) is 22.4 Å². The van der Waals surface area contributed by atoms with Crippen LogP contribution in [0.2, 0.25) is 0 Å². The molecule has 1 aromatic rings. The second kappa shape index (κ2) is 18.1. The van der Waals surface area contributed by atoms with Crippen molar-refractivity contribution in [3.05, 3.63) is 46.8 Å². The summed E-state index contributed by atoms with van der Waals surface area (Å²) in [5.74, 6) is 3.59. The highest BCUT2D eigenvalue weighted by Crippen LogP contribution is 2.24. The van der Waals surface area contributed by atoms with E-state index in [1.165, 1.54) is 12.5 Å². The van der Waals surface area contributed by atoms with Gasteiger partial charge in [0, 0.05) is 17.8 Å². The molecule has 8 N–H and O–H groups in total. The minimum absolute atomic E-state index is 0.0108. The van der Waals surface area contributed by atoms with Gasteiger partial charge >= 0.3 is 0 Å². The number of carbonyl (C=O) groups excluding carboxylic acids is 1. The van der Waals surface area contributed by atoms with Crippen LogP contribution in [0.4, 0.5) is 17.6 Å². The van der Waals surface area contributed by atoms with Crippen molar-refractivity contribution in [2.24, 2.45) is 28.0 Å². The lowest BCUT2D eigenvalue weighted by atomic mass is 10.2. The number of alkyl halides is 2. The van der Waals surface area contributed by atoms with Crippen LogP contribution in [0.3, 0.4) is 0 Å². The van der Waals surface area contributed by atoms with E-state index >= 15 is 0 Å². The van der Waals surface area contributed by atoms with E-state index in [1.807, 2.05) is 6.92 Å². The molecule has 1 aliphatic rings. The predicted molar refractivity (Wildman–Crippen MR) is 116 cm³/mol. The number of nitrogens with two attached hydrogens (primary N) is 4. The Morgan fingerprint density at radius 1 is 1.16 bits per heavy atom. The molecule has 11 heteroatoms. The van der Waals surface area contributed by atoms with Crippen molar-refractivity contribution in [2.45, 2.75) is 52.6 Å². The lowest BCUT2D eigenvalue weighted by molar-refractivity contribution is -0.128. The average molecular weight is 451 g/mol. The Labute approximate surface area is 181 Å². The Hall–Kier alpha value is -2.66. The van der Waals surface area contributed by atoms with E-state index in [4.69, 9.17) is 23.0 Å². The highest BCUT2D eigenvalue weighted by molar-refractivity contribution is 5.98. The van der Waals surface area contributed by atoms with E-state index in [2.05, 4.69) is 18.8 Å². The molecule has 1 aromatic carbocycles. The Balaban J connectivity index is 0. The van der Waals surface area contributed by atoms with E-state index in [1.54, 1.807) is 0 Å². The maximum absolute atomic E-state index is 13.4. The normalized spacial score (nSPS) is 12.9. The molecule has 0 aromatic heterocycles. The summed E-state index contributed by atoms with van der Waals surface area (Å²) in [7, 11) is 0. The van der Waals surface area contributed by atoms with Gasteiger partial charge in [-0.2, -0.15) is 0 Å². The lowest BCUT2D eigenvalue weighted by Crippen LogP contribution is -2.42. The van der Waals surface area contributed by atoms with Crippen molar-refractivity contribution in [3.8, 4) is 0 Å². The second-order valence-electron chi connectivity index (χ2n) is 6.20. The van der Waals surface area contributed by atoms with E-state index < -0.39 is 24.5 Å². The number of rotatable bonds is 5. The summed E-state index contributed by atoms with van der Waals surface area (Å²) in [5.41, 5.74) is 15.6. The molecule has 0 atom stereocenters. The molecule has 1 fully saturated rings. The van der Waals surface area contributed by atoms with Crippen LogP contribution in [-0.2, 0) is 11.3 Å². The number of allylic oxidation sites excluding steroid dienone is 1. The summed E-state index contributed by atoms with van der Waals surface area (Å²) in [6, 6.07) is 3.51. The number of amides is 1. The predicted octanol–water partition coefficient (Wildman–Crippen LogP) is 2.79. The van der Waals surface area contributed by atoms with Crippen molar-refractivity contribution in [1.82, 2.24) is 5.01 Å². The first kappa shape index (κ1) is 30.5. The number of aliphatic imine (C=N–C) groups is 1. The van der Waals surface area contributed by atoms with Crippen molar-refractivity contribution < 1.29 is 22.4 Å². The topological polar surface area (TPSA) is 137 Å². The molecule has 178 valence electrons. The molecule has 0 spiro atoms. The zero-order valence-electron chi connectivity index (χ0n) is 18.3. The highest BCUT2D eigenvalue weighted by Gasteiger charge is 2.31. The van der Waals surface area contributed by atoms with Crippen LogP contribution in [0.25, 0.3) is 0 Å². The number of halogens is 4. The number of hydrogen-bond donors (Lipinski definition) is 4. The fraction of sp³-hybridized carbons (Fsp3) is 0.500. The first-order valence-electron chi connectivity index (χ1n) is 9.74. The van der Waals surface area contributed by atoms with Crippen molar-refractivity contribution in [3.63, 3.8) is 0 Å². The smallest absolute Gasteiger partial charge is 0.286 e. The van der Waals surface area contributed by atoms with Gasteiger partial charge in [0.05, 0.1) is 12.2 Å². The lowest BCUT2D eigenvalue weighted by Gasteiger charge is -2.16. The van der Waals surface area contributed by atoms with Gasteiger partial charge in [0.1, 0.15) is 17.3 Å². The van der Waals surface area contributed by atoms with Gasteiger partial charge in [-0.1, -0.05) is 33.3 Å². The third kappa shape index (κ3) is 13.3. The summed E-state index contributed by atoms with van der Waals surface area (Å²) < 4.78 is 46.1. The summed E-state index contributed by atoms with van der Waals surface area (Å²) in [6.07, 6.45) is 4.01. The second-order valence-corrected chi connectivity index (χ2v) is 6.20. The molecule has 1 saturated carbocycles. The summed E-state index contributed by atoms with van der Waals surface area (Å²) in [6.45, 7) is 4.90. The highest BCUT2D eigenvalue weighted by atomic mass is 19.3. The Kier molecular flexibility index (Phi) is 17.9. The fourth-order valence-corrected chi connectivity index (χ4v) is 1.77. The van der Waals surface area contributed by atoms with Crippen molar-refractivity contribution in [2.75, 3.05) is 13.5 Å². The molecule has 1 amide bonds. The molecular weight excluding hydrogens is 416 g/mol. The van der Waals surface area contributed by atoms with Gasteiger partial charge in [-0.3, -0.25) is 14.8 Å². The zero-order valence-corrected chi connectivity index (χ0v) is 18.3. The summed E-state index contributed by atoms with van der Waals surface area (Å²) in [5, 5.41) is 1.03. The van der Waals surface area contributed by atoms with Gasteiger partial charge in [-0.15, -0.1) is 0 Å². The summed E-state index contributed by atoms with van der Waals surface area (Å²) >= 11 is 0. The maximum Gasteiger partial charge on any atom is 0.286 e. The van der Waals surface area contributed by atoms with Gasteiger partial charge in [0.2, 0.25) is 6.93 Å². The van der Waals surface area contributed by atoms with Crippen LogP contribution >= 0.6 is 0 Å². The number of hydrogen-bond acceptors (Lipinski definition) is 6. The number of benzene rings is 1. The Morgan fingerprint density at radius 3 is 1.97 bits per heavy atom. The van der Waals surface area contributed by atoms with Crippen LogP contribution in [0.15, 0.2) is 34.6 Å². The quantitative estimate of drug-likeness (QED) is 0.137. The first-order chi connectivity index (χ1) is 14.7. The van der Waals surface area contributed by atoms with Gasteiger partial charge in [-0.25, -0.2) is 23.4 Å². The number of carbonyl (C=O) groups is 1. The van der Waals surface area contributed by atoms with Crippen LogP contribution in [0, 0.1) is 11.6 Å². The van der Waals surface area contributed by atoms with Crippen LogP contribution in [0.5, 0.6) is 0 Å². The van der Waals surface area contributed by atoms with E-state index in [0.29, 0.717) is 0 Å². The number of nitrogens with zero attached hydrogens (tertiary/aromatic N) is 2. The Bertz CT molecular complexity index is 671. The largest absolute Gasteiger partial charge is 0.396 e. The molecule has 0 heterocycles. The molecule has 0 unspecified atom stereocenters. The van der Waals surface area contributed by atoms with Gasteiger partial charge in [-0.05, 0) is 31.5 Å². The van der Waals surface area contributed by atoms with E-state index in [-0.39, 0.29) is 29.5 Å². The number of hydrazine groups is 1. The fourth-order valence-electron chi connectivity index (χ4n) is 1.77. The van der Waals surface area contributed by atoms with Crippen LogP contribution in [-0.4, -0.2) is 36.6 Å². The average Bonchev–Trinajstić information content (AvgIpc) is 3.55. The van der Waals surface area contributed by atoms with Crippen LogP contribution in [0.1, 0.15) is 45.6 Å². The zero-order chi connectivity index (χ0) is 24.4. The molecule has 7 nitrogen and oxygen atoms in total. The van der Waals surface area contributed by atoms with E-state index in [0.717, 1.165) is 42.7 Å². The molecule has 0 saturated heterocycles. The molecule has 0 aliphatic heterocycles. The SMILES string of the molecule is CCC.CCN.FCF.N/C(C=NCc1c(F)cccc1F)=C(/N)C(=O)N(N)C1CC1. The molecule has 2 rings (SSSR count). The maximum atomic E-state index is 13.4. The molecule has 31 heavy (non-hydrogen) atoms. The molecule has 0 bridgehead atoms. The molecular formula is C20H34F4N6O. The summed E-state index contributed by atoms with van der Waals surface area (Å²) in [4.78, 5) is 15.7. The van der Waals surface area contributed by atoms with Gasteiger partial charge in [0.15, 0.2) is 0 Å².